The van der Waals surface area contributed by atoms with Crippen molar-refractivity contribution in [2.45, 2.75) is 18.7 Å². The number of hydrogen-bond acceptors (Lipinski definition) is 4. The fourth-order valence-electron chi connectivity index (χ4n) is 2.07. The van der Waals surface area contributed by atoms with E-state index in [1.807, 2.05) is 6.07 Å². The van der Waals surface area contributed by atoms with Gasteiger partial charge < -0.3 is 0 Å². The van der Waals surface area contributed by atoms with Gasteiger partial charge in [-0.3, -0.25) is 9.29 Å². The van der Waals surface area contributed by atoms with E-state index in [9.17, 15) is 8.42 Å². The van der Waals surface area contributed by atoms with Crippen LogP contribution in [0.3, 0.4) is 0 Å². The average molecular weight is 301 g/mol. The van der Waals surface area contributed by atoms with Crippen molar-refractivity contribution >= 4 is 15.7 Å². The second-order valence-electron chi connectivity index (χ2n) is 4.47. The maximum absolute atomic E-state index is 12.8. The van der Waals surface area contributed by atoms with E-state index in [-0.39, 0.29) is 4.90 Å². The van der Waals surface area contributed by atoms with E-state index in [4.69, 9.17) is 5.26 Å². The van der Waals surface area contributed by atoms with Crippen LogP contribution in [0.1, 0.15) is 18.1 Å². The maximum atomic E-state index is 12.8. The van der Waals surface area contributed by atoms with Gasteiger partial charge in [0.15, 0.2) is 0 Å². The van der Waals surface area contributed by atoms with Gasteiger partial charge in [-0.2, -0.15) is 5.26 Å². The Hall–Kier alpha value is -2.39. The van der Waals surface area contributed by atoms with Crippen molar-refractivity contribution in [3.05, 3.63) is 53.9 Å². The third-order valence-corrected chi connectivity index (χ3v) is 5.17. The summed E-state index contributed by atoms with van der Waals surface area (Å²) in [4.78, 5) is 4.05. The summed E-state index contributed by atoms with van der Waals surface area (Å²) in [5.74, 6) is 0. The molecule has 21 heavy (non-hydrogen) atoms. The molecular formula is C15H15N3O2S. The third kappa shape index (κ3) is 2.88. The van der Waals surface area contributed by atoms with Crippen LogP contribution in [0.4, 0.5) is 5.69 Å². The van der Waals surface area contributed by atoms with Crippen LogP contribution in [0.25, 0.3) is 0 Å². The Balaban J connectivity index is 2.58. The molecule has 0 bridgehead atoms. The molecular weight excluding hydrogens is 286 g/mol. The van der Waals surface area contributed by atoms with Gasteiger partial charge in [-0.05, 0) is 43.7 Å². The lowest BCUT2D eigenvalue weighted by molar-refractivity contribution is 0.591. The Morgan fingerprint density at radius 2 is 1.90 bits per heavy atom. The maximum Gasteiger partial charge on any atom is 0.264 e. The molecule has 0 amide bonds. The molecule has 0 aliphatic heterocycles. The Morgan fingerprint density at radius 3 is 2.48 bits per heavy atom. The summed E-state index contributed by atoms with van der Waals surface area (Å²) in [6.07, 6.45) is 3.10. The second-order valence-corrected chi connectivity index (χ2v) is 6.30. The highest BCUT2D eigenvalue weighted by molar-refractivity contribution is 7.92. The number of nitriles is 1. The zero-order valence-electron chi connectivity index (χ0n) is 11.8. The van der Waals surface area contributed by atoms with Crippen LogP contribution in [-0.4, -0.2) is 19.9 Å². The van der Waals surface area contributed by atoms with Crippen LogP contribution >= 0.6 is 0 Å². The van der Waals surface area contributed by atoms with E-state index in [2.05, 4.69) is 4.98 Å². The lowest BCUT2D eigenvalue weighted by atomic mass is 10.2. The highest BCUT2D eigenvalue weighted by Crippen LogP contribution is 2.25. The molecule has 5 nitrogen and oxygen atoms in total. The fraction of sp³-hybridized carbons (Fsp3) is 0.200. The van der Waals surface area contributed by atoms with Crippen LogP contribution < -0.4 is 4.31 Å². The molecule has 0 atom stereocenters. The highest BCUT2D eigenvalue weighted by atomic mass is 32.2. The molecule has 0 radical (unpaired) electrons. The molecule has 108 valence electrons. The molecule has 0 N–H and O–H groups in total. The van der Waals surface area contributed by atoms with Crippen LogP contribution in [0.15, 0.2) is 47.6 Å². The van der Waals surface area contributed by atoms with Crippen molar-refractivity contribution in [1.82, 2.24) is 4.98 Å². The molecule has 0 aliphatic carbocycles. The summed E-state index contributed by atoms with van der Waals surface area (Å²) < 4.78 is 27.0. The van der Waals surface area contributed by atoms with Gasteiger partial charge in [-0.15, -0.1) is 0 Å². The Labute approximate surface area is 124 Å². The van der Waals surface area contributed by atoms with Crippen molar-refractivity contribution in [3.8, 4) is 6.07 Å². The molecule has 0 aliphatic rings. The average Bonchev–Trinajstić information content (AvgIpc) is 2.49. The second kappa shape index (κ2) is 5.94. The molecule has 0 saturated carbocycles. The minimum Gasteiger partial charge on any atom is -0.266 e. The SMILES string of the molecule is CCN(c1ccncc1)S(=O)(=O)c1cc(C#N)ccc1C. The minimum atomic E-state index is -3.71. The summed E-state index contributed by atoms with van der Waals surface area (Å²) in [7, 11) is -3.71. The Morgan fingerprint density at radius 1 is 1.24 bits per heavy atom. The molecule has 2 rings (SSSR count). The van der Waals surface area contributed by atoms with Crippen molar-refractivity contribution in [3.63, 3.8) is 0 Å². The van der Waals surface area contributed by atoms with Gasteiger partial charge in [0.25, 0.3) is 10.0 Å². The Kier molecular flexibility index (Phi) is 4.24. The normalized spacial score (nSPS) is 10.9. The molecule has 1 aromatic heterocycles. The number of benzene rings is 1. The molecule has 0 fully saturated rings. The number of nitrogens with zero attached hydrogens (tertiary/aromatic N) is 3. The first-order valence-electron chi connectivity index (χ1n) is 6.44. The summed E-state index contributed by atoms with van der Waals surface area (Å²) in [5.41, 5.74) is 1.49. The van der Waals surface area contributed by atoms with E-state index >= 15 is 0 Å². The van der Waals surface area contributed by atoms with Crippen molar-refractivity contribution in [2.24, 2.45) is 0 Å². The molecule has 2 aromatic rings. The number of pyridine rings is 1. The van der Waals surface area contributed by atoms with Crippen LogP contribution in [0, 0.1) is 18.3 Å². The van der Waals surface area contributed by atoms with Crippen LogP contribution in [-0.2, 0) is 10.0 Å². The monoisotopic (exact) mass is 301 g/mol. The first-order valence-corrected chi connectivity index (χ1v) is 7.88. The highest BCUT2D eigenvalue weighted by Gasteiger charge is 2.25. The first-order chi connectivity index (χ1) is 10.0. The van der Waals surface area contributed by atoms with Crippen molar-refractivity contribution in [2.75, 3.05) is 10.8 Å². The fourth-order valence-corrected chi connectivity index (χ4v) is 3.80. The topological polar surface area (TPSA) is 74.1 Å². The first kappa shape index (κ1) is 15.0. The van der Waals surface area contributed by atoms with E-state index < -0.39 is 10.0 Å². The minimum absolute atomic E-state index is 0.153. The smallest absolute Gasteiger partial charge is 0.264 e. The van der Waals surface area contributed by atoms with E-state index in [1.165, 1.54) is 10.4 Å². The number of aryl methyl sites for hydroxylation is 1. The third-order valence-electron chi connectivity index (χ3n) is 3.12. The lowest BCUT2D eigenvalue weighted by Gasteiger charge is -2.23. The van der Waals surface area contributed by atoms with Gasteiger partial charge in [-0.25, -0.2) is 8.42 Å². The molecule has 1 aromatic carbocycles. The molecule has 0 spiro atoms. The van der Waals surface area contributed by atoms with Gasteiger partial charge in [-0.1, -0.05) is 6.07 Å². The lowest BCUT2D eigenvalue weighted by Crippen LogP contribution is -2.31. The van der Waals surface area contributed by atoms with Gasteiger partial charge in [0.1, 0.15) is 0 Å². The Bertz CT molecular complexity index is 780. The quantitative estimate of drug-likeness (QED) is 0.869. The summed E-state index contributed by atoms with van der Waals surface area (Å²) in [5, 5.41) is 8.96. The van der Waals surface area contributed by atoms with Gasteiger partial charge in [0.2, 0.25) is 0 Å². The van der Waals surface area contributed by atoms with E-state index in [1.54, 1.807) is 50.5 Å². The summed E-state index contributed by atoms with van der Waals surface area (Å²) >= 11 is 0. The molecule has 0 unspecified atom stereocenters. The predicted molar refractivity (Wildman–Crippen MR) is 80.3 cm³/mol. The number of sulfonamides is 1. The molecule has 6 heteroatoms. The molecule has 0 saturated heterocycles. The summed E-state index contributed by atoms with van der Waals surface area (Å²) in [6, 6.07) is 9.92. The van der Waals surface area contributed by atoms with Crippen LogP contribution in [0.5, 0.6) is 0 Å². The van der Waals surface area contributed by atoms with E-state index in [0.29, 0.717) is 23.4 Å². The number of rotatable bonds is 4. The van der Waals surface area contributed by atoms with Crippen molar-refractivity contribution < 1.29 is 8.42 Å². The van der Waals surface area contributed by atoms with Crippen LogP contribution in [0.2, 0.25) is 0 Å². The van der Waals surface area contributed by atoms with E-state index in [0.717, 1.165) is 0 Å². The number of aromatic nitrogens is 1. The largest absolute Gasteiger partial charge is 0.266 e. The number of hydrogen-bond donors (Lipinski definition) is 0. The molecule has 1 heterocycles. The summed E-state index contributed by atoms with van der Waals surface area (Å²) in [6.45, 7) is 3.78. The van der Waals surface area contributed by atoms with Gasteiger partial charge >= 0.3 is 0 Å². The van der Waals surface area contributed by atoms with Gasteiger partial charge in [0, 0.05) is 18.9 Å². The number of anilines is 1. The zero-order chi connectivity index (χ0) is 15.5. The zero-order valence-corrected chi connectivity index (χ0v) is 12.6. The van der Waals surface area contributed by atoms with Crippen molar-refractivity contribution in [1.29, 1.82) is 5.26 Å². The predicted octanol–water partition coefficient (Wildman–Crippen LogP) is 2.48. The van der Waals surface area contributed by atoms with Gasteiger partial charge in [0.05, 0.1) is 22.2 Å². The standard InChI is InChI=1S/C15H15N3O2S/c1-3-18(14-6-8-17-9-7-14)21(19,20)15-10-13(11-16)5-4-12(15)2/h4-10H,3H2,1-2H3.